The molecule has 24 heavy (non-hydrogen) atoms. The van der Waals surface area contributed by atoms with Crippen LogP contribution in [0, 0.1) is 0 Å². The van der Waals surface area contributed by atoms with E-state index in [1.807, 2.05) is 49.6 Å². The first-order chi connectivity index (χ1) is 11.5. The van der Waals surface area contributed by atoms with Crippen molar-refractivity contribution in [3.63, 3.8) is 0 Å². The smallest absolute Gasteiger partial charge is 0.227 e. The predicted octanol–water partition coefficient (Wildman–Crippen LogP) is 0.631. The summed E-state index contributed by atoms with van der Waals surface area (Å²) in [5.41, 5.74) is -0.0143. The number of aliphatic hydroxyl groups is 1. The van der Waals surface area contributed by atoms with Crippen molar-refractivity contribution in [3.05, 3.63) is 54.4 Å². The molecular weight excluding hydrogens is 304 g/mol. The molecule has 1 aromatic carbocycles. The van der Waals surface area contributed by atoms with E-state index in [1.165, 1.54) is 0 Å². The molecule has 3 rings (SSSR count). The SMILES string of the molecule is CN1CCN(C(=O)Cc2ccccc2)CC(O)(Cn2cccn2)C1. The van der Waals surface area contributed by atoms with Crippen molar-refractivity contribution in [1.29, 1.82) is 0 Å². The van der Waals surface area contributed by atoms with Gasteiger partial charge in [-0.25, -0.2) is 0 Å². The Labute approximate surface area is 142 Å². The molecule has 1 aliphatic heterocycles. The standard InChI is InChI=1S/C18H24N4O2/c1-20-10-11-21(17(23)12-16-6-3-2-4-7-16)14-18(24,13-20)15-22-9-5-8-19-22/h2-9,24H,10-15H2,1H3. The Kier molecular flexibility index (Phi) is 4.97. The van der Waals surface area contributed by atoms with Crippen LogP contribution >= 0.6 is 0 Å². The topological polar surface area (TPSA) is 61.6 Å². The maximum atomic E-state index is 12.7. The number of amides is 1. The highest BCUT2D eigenvalue weighted by Gasteiger charge is 2.36. The molecule has 1 unspecified atom stereocenters. The Morgan fingerprint density at radius 2 is 2.00 bits per heavy atom. The molecule has 1 saturated heterocycles. The van der Waals surface area contributed by atoms with E-state index in [4.69, 9.17) is 0 Å². The van der Waals surface area contributed by atoms with E-state index in [1.54, 1.807) is 15.8 Å². The van der Waals surface area contributed by atoms with Gasteiger partial charge in [-0.3, -0.25) is 9.48 Å². The van der Waals surface area contributed by atoms with Gasteiger partial charge in [-0.2, -0.15) is 5.10 Å². The van der Waals surface area contributed by atoms with Crippen molar-refractivity contribution in [2.24, 2.45) is 0 Å². The largest absolute Gasteiger partial charge is 0.385 e. The Bertz CT molecular complexity index is 659. The monoisotopic (exact) mass is 328 g/mol. The van der Waals surface area contributed by atoms with Gasteiger partial charge in [0.15, 0.2) is 0 Å². The van der Waals surface area contributed by atoms with Gasteiger partial charge in [0.05, 0.1) is 19.5 Å². The molecule has 0 spiro atoms. The van der Waals surface area contributed by atoms with Crippen LogP contribution in [-0.2, 0) is 17.8 Å². The van der Waals surface area contributed by atoms with Crippen LogP contribution in [-0.4, -0.2) is 69.4 Å². The van der Waals surface area contributed by atoms with Gasteiger partial charge in [-0.1, -0.05) is 30.3 Å². The average molecular weight is 328 g/mol. The fraction of sp³-hybridized carbons (Fsp3) is 0.444. The van der Waals surface area contributed by atoms with E-state index in [0.717, 1.165) is 12.1 Å². The number of nitrogens with zero attached hydrogens (tertiary/aromatic N) is 4. The van der Waals surface area contributed by atoms with Crippen LogP contribution in [0.15, 0.2) is 48.8 Å². The summed E-state index contributed by atoms with van der Waals surface area (Å²) in [4.78, 5) is 16.5. The summed E-state index contributed by atoms with van der Waals surface area (Å²) in [6, 6.07) is 11.6. The van der Waals surface area contributed by atoms with Gasteiger partial charge in [0.25, 0.3) is 0 Å². The molecule has 1 N–H and O–H groups in total. The Morgan fingerprint density at radius 3 is 2.71 bits per heavy atom. The summed E-state index contributed by atoms with van der Waals surface area (Å²) < 4.78 is 1.72. The highest BCUT2D eigenvalue weighted by atomic mass is 16.3. The first-order valence-electron chi connectivity index (χ1n) is 8.24. The van der Waals surface area contributed by atoms with Crippen molar-refractivity contribution in [2.75, 3.05) is 33.2 Å². The highest BCUT2D eigenvalue weighted by Crippen LogP contribution is 2.17. The van der Waals surface area contributed by atoms with Gasteiger partial charge < -0.3 is 14.9 Å². The lowest BCUT2D eigenvalue weighted by Gasteiger charge is -2.32. The van der Waals surface area contributed by atoms with Crippen molar-refractivity contribution in [3.8, 4) is 0 Å². The van der Waals surface area contributed by atoms with Crippen LogP contribution in [0.4, 0.5) is 0 Å². The van der Waals surface area contributed by atoms with Gasteiger partial charge in [0.1, 0.15) is 5.60 Å². The summed E-state index contributed by atoms with van der Waals surface area (Å²) in [6.45, 7) is 2.59. The molecule has 128 valence electrons. The minimum atomic E-state index is -1.01. The second kappa shape index (κ2) is 7.15. The first kappa shape index (κ1) is 16.7. The van der Waals surface area contributed by atoms with Crippen LogP contribution in [0.2, 0.25) is 0 Å². The number of carbonyl (C=O) groups is 1. The highest BCUT2D eigenvalue weighted by molar-refractivity contribution is 5.79. The van der Waals surface area contributed by atoms with Crippen molar-refractivity contribution in [2.45, 2.75) is 18.6 Å². The zero-order valence-electron chi connectivity index (χ0n) is 14.0. The summed E-state index contributed by atoms with van der Waals surface area (Å²) in [6.07, 6.45) is 3.89. The molecule has 1 amide bonds. The lowest BCUT2D eigenvalue weighted by molar-refractivity contribution is -0.133. The van der Waals surface area contributed by atoms with E-state index in [9.17, 15) is 9.90 Å². The predicted molar refractivity (Wildman–Crippen MR) is 91.4 cm³/mol. The molecule has 0 aliphatic carbocycles. The van der Waals surface area contributed by atoms with E-state index in [-0.39, 0.29) is 5.91 Å². The molecule has 6 nitrogen and oxygen atoms in total. The number of hydrogen-bond acceptors (Lipinski definition) is 4. The van der Waals surface area contributed by atoms with Gasteiger partial charge >= 0.3 is 0 Å². The number of benzene rings is 1. The maximum Gasteiger partial charge on any atom is 0.227 e. The number of β-amino-alcohol motifs (C(OH)–C–C–N with tert-alkyl or cyclic N) is 1. The minimum absolute atomic E-state index is 0.0513. The van der Waals surface area contributed by atoms with Gasteiger partial charge in [-0.15, -0.1) is 0 Å². The molecule has 2 heterocycles. The second-order valence-electron chi connectivity index (χ2n) is 6.64. The quantitative estimate of drug-likeness (QED) is 0.894. The molecule has 1 fully saturated rings. The first-order valence-corrected chi connectivity index (χ1v) is 8.24. The second-order valence-corrected chi connectivity index (χ2v) is 6.64. The molecule has 1 aliphatic rings. The van der Waals surface area contributed by atoms with E-state index < -0.39 is 5.60 Å². The molecule has 6 heteroatoms. The lowest BCUT2D eigenvalue weighted by atomic mass is 10.0. The zero-order valence-corrected chi connectivity index (χ0v) is 14.0. The minimum Gasteiger partial charge on any atom is -0.385 e. The fourth-order valence-corrected chi connectivity index (χ4v) is 3.25. The number of rotatable bonds is 4. The van der Waals surface area contributed by atoms with Crippen molar-refractivity contribution < 1.29 is 9.90 Å². The zero-order chi connectivity index (χ0) is 17.0. The number of likely N-dealkylation sites (N-methyl/N-ethyl adjacent to an activating group) is 1. The Balaban J connectivity index is 1.71. The Morgan fingerprint density at radius 1 is 1.21 bits per heavy atom. The molecule has 1 atom stereocenters. The van der Waals surface area contributed by atoms with E-state index >= 15 is 0 Å². The van der Waals surface area contributed by atoms with E-state index in [2.05, 4.69) is 10.00 Å². The number of hydrogen-bond donors (Lipinski definition) is 1. The molecule has 0 saturated carbocycles. The molecule has 2 aromatic rings. The summed E-state index contributed by atoms with van der Waals surface area (Å²) >= 11 is 0. The molecule has 1 aromatic heterocycles. The summed E-state index contributed by atoms with van der Waals surface area (Å²) in [5.74, 6) is 0.0513. The van der Waals surface area contributed by atoms with Crippen molar-refractivity contribution >= 4 is 5.91 Å². The summed E-state index contributed by atoms with van der Waals surface area (Å²) in [7, 11) is 1.97. The molecule has 0 bridgehead atoms. The van der Waals surface area contributed by atoms with Gasteiger partial charge in [0.2, 0.25) is 5.91 Å². The molecule has 0 radical (unpaired) electrons. The third-order valence-corrected chi connectivity index (χ3v) is 4.37. The van der Waals surface area contributed by atoms with Gasteiger partial charge in [0, 0.05) is 32.0 Å². The fourth-order valence-electron chi connectivity index (χ4n) is 3.25. The average Bonchev–Trinajstić information content (AvgIpc) is 2.99. The van der Waals surface area contributed by atoms with Crippen LogP contribution in [0.5, 0.6) is 0 Å². The van der Waals surface area contributed by atoms with Gasteiger partial charge in [-0.05, 0) is 18.7 Å². The van der Waals surface area contributed by atoms with E-state index in [0.29, 0.717) is 32.6 Å². The van der Waals surface area contributed by atoms with Crippen LogP contribution in [0.1, 0.15) is 5.56 Å². The third-order valence-electron chi connectivity index (χ3n) is 4.37. The lowest BCUT2D eigenvalue weighted by Crippen LogP contribution is -2.50. The molecular formula is C18H24N4O2. The number of carbonyl (C=O) groups excluding carboxylic acids is 1. The van der Waals surface area contributed by atoms with Crippen LogP contribution in [0.25, 0.3) is 0 Å². The number of aromatic nitrogens is 2. The normalized spacial score (nSPS) is 22.3. The summed E-state index contributed by atoms with van der Waals surface area (Å²) in [5, 5.41) is 15.3. The van der Waals surface area contributed by atoms with Crippen LogP contribution in [0.3, 0.4) is 0 Å². The third kappa shape index (κ3) is 4.21. The maximum absolute atomic E-state index is 12.7. The Hall–Kier alpha value is -2.18. The van der Waals surface area contributed by atoms with Crippen molar-refractivity contribution in [1.82, 2.24) is 19.6 Å². The van der Waals surface area contributed by atoms with Crippen LogP contribution < -0.4 is 0 Å².